The maximum atomic E-state index is 12.5. The number of carbonyl (C=O) groups is 1. The molecule has 1 saturated heterocycles. The van der Waals surface area contributed by atoms with E-state index in [9.17, 15) is 4.79 Å². The lowest BCUT2D eigenvalue weighted by Crippen LogP contribution is -2.48. The van der Waals surface area contributed by atoms with Gasteiger partial charge in [0.2, 0.25) is 0 Å². The average molecular weight is 368 g/mol. The predicted molar refractivity (Wildman–Crippen MR) is 103 cm³/mol. The molecular weight excluding hydrogens is 340 g/mol. The molecule has 27 heavy (non-hydrogen) atoms. The van der Waals surface area contributed by atoms with E-state index in [0.29, 0.717) is 0 Å². The van der Waals surface area contributed by atoms with Crippen molar-refractivity contribution in [2.24, 2.45) is 7.05 Å². The monoisotopic (exact) mass is 368 g/mol. The van der Waals surface area contributed by atoms with Crippen LogP contribution < -0.4 is 10.6 Å². The third-order valence-corrected chi connectivity index (χ3v) is 5.76. The van der Waals surface area contributed by atoms with Crippen molar-refractivity contribution in [2.75, 3.05) is 13.1 Å². The molecule has 2 aromatic heterocycles. The Kier molecular flexibility index (Phi) is 5.38. The number of hydrogen-bond donors (Lipinski definition) is 2. The van der Waals surface area contributed by atoms with Crippen molar-refractivity contribution < 1.29 is 4.79 Å². The molecule has 7 nitrogen and oxygen atoms in total. The predicted octanol–water partition coefficient (Wildman–Crippen LogP) is 2.16. The summed E-state index contributed by atoms with van der Waals surface area (Å²) in [4.78, 5) is 19.0. The summed E-state index contributed by atoms with van der Waals surface area (Å²) >= 11 is 0. The third-order valence-electron chi connectivity index (χ3n) is 5.76. The number of pyridine rings is 1. The second-order valence-corrected chi connectivity index (χ2v) is 7.64. The van der Waals surface area contributed by atoms with Crippen LogP contribution in [0.2, 0.25) is 0 Å². The van der Waals surface area contributed by atoms with Gasteiger partial charge in [-0.1, -0.05) is 0 Å². The number of aryl methyl sites for hydroxylation is 1. The van der Waals surface area contributed by atoms with E-state index in [1.807, 2.05) is 30.3 Å². The lowest BCUT2D eigenvalue weighted by Gasteiger charge is -2.33. The van der Waals surface area contributed by atoms with Crippen LogP contribution in [0.5, 0.6) is 0 Å². The quantitative estimate of drug-likeness (QED) is 0.867. The van der Waals surface area contributed by atoms with E-state index in [-0.39, 0.29) is 18.1 Å². The number of nitrogens with zero attached hydrogens (tertiary/aromatic N) is 4. The van der Waals surface area contributed by atoms with Gasteiger partial charge in [0.1, 0.15) is 0 Å². The summed E-state index contributed by atoms with van der Waals surface area (Å²) < 4.78 is 1.93. The van der Waals surface area contributed by atoms with Crippen LogP contribution in [0.3, 0.4) is 0 Å². The lowest BCUT2D eigenvalue weighted by molar-refractivity contribution is 0.185. The van der Waals surface area contributed by atoms with Crippen molar-refractivity contribution >= 4 is 6.03 Å². The number of amides is 2. The van der Waals surface area contributed by atoms with E-state index < -0.39 is 0 Å². The lowest BCUT2D eigenvalue weighted by atomic mass is 9.93. The first kappa shape index (κ1) is 18.0. The first-order chi connectivity index (χ1) is 13.2. The van der Waals surface area contributed by atoms with Crippen LogP contribution in [0.15, 0.2) is 30.7 Å². The van der Waals surface area contributed by atoms with Gasteiger partial charge in [0.25, 0.3) is 0 Å². The van der Waals surface area contributed by atoms with Gasteiger partial charge >= 0.3 is 6.03 Å². The highest BCUT2D eigenvalue weighted by molar-refractivity contribution is 5.74. The maximum absolute atomic E-state index is 12.5. The standard InChI is InChI=1S/C20H28N6O/c1-25-19-4-2-3-18(17(19)13-22-25)24-20(27)23-16-7-11-26(12-8-16)14-15-5-9-21-10-6-15/h5-6,9-10,13,16,18H,2-4,7-8,11-12,14H2,1H3,(H2,23,24,27)/t18-/m1/s1. The van der Waals surface area contributed by atoms with Gasteiger partial charge in [0.15, 0.2) is 0 Å². The molecule has 3 heterocycles. The number of carbonyl (C=O) groups excluding carboxylic acids is 1. The highest BCUT2D eigenvalue weighted by Gasteiger charge is 2.26. The summed E-state index contributed by atoms with van der Waals surface area (Å²) in [5.74, 6) is 0. The van der Waals surface area contributed by atoms with Crippen LogP contribution in [0.1, 0.15) is 48.5 Å². The largest absolute Gasteiger partial charge is 0.335 e. The third kappa shape index (κ3) is 4.30. The maximum Gasteiger partial charge on any atom is 0.315 e. The Bertz CT molecular complexity index is 766. The molecule has 1 atom stereocenters. The van der Waals surface area contributed by atoms with Gasteiger partial charge in [-0.25, -0.2) is 4.79 Å². The van der Waals surface area contributed by atoms with Crippen molar-refractivity contribution in [1.82, 2.24) is 30.3 Å². The molecule has 0 spiro atoms. The number of urea groups is 1. The minimum atomic E-state index is -0.0516. The molecular formula is C20H28N6O. The smallest absolute Gasteiger partial charge is 0.315 e. The van der Waals surface area contributed by atoms with E-state index in [2.05, 4.69) is 37.7 Å². The first-order valence-corrected chi connectivity index (χ1v) is 9.88. The molecule has 0 radical (unpaired) electrons. The van der Waals surface area contributed by atoms with Crippen LogP contribution in [-0.2, 0) is 20.0 Å². The zero-order chi connectivity index (χ0) is 18.6. The average Bonchev–Trinajstić information content (AvgIpc) is 3.06. The Hall–Kier alpha value is -2.41. The van der Waals surface area contributed by atoms with Gasteiger partial charge in [0.05, 0.1) is 12.2 Å². The molecule has 0 saturated carbocycles. The van der Waals surface area contributed by atoms with E-state index >= 15 is 0 Å². The molecule has 7 heteroatoms. The van der Waals surface area contributed by atoms with Crippen LogP contribution >= 0.6 is 0 Å². The SMILES string of the molecule is Cn1ncc2c1CCC[C@H]2NC(=O)NC1CCN(Cc2ccncc2)CC1. The summed E-state index contributed by atoms with van der Waals surface area (Å²) in [6, 6.07) is 4.40. The Morgan fingerprint density at radius 2 is 1.96 bits per heavy atom. The molecule has 0 aromatic carbocycles. The van der Waals surface area contributed by atoms with Gasteiger partial charge in [-0.2, -0.15) is 5.10 Å². The number of nitrogens with one attached hydrogen (secondary N) is 2. The van der Waals surface area contributed by atoms with Crippen LogP contribution in [0.25, 0.3) is 0 Å². The van der Waals surface area contributed by atoms with Crippen molar-refractivity contribution in [2.45, 2.75) is 50.7 Å². The summed E-state index contributed by atoms with van der Waals surface area (Å²) in [7, 11) is 1.97. The van der Waals surface area contributed by atoms with Crippen LogP contribution in [0.4, 0.5) is 4.79 Å². The number of rotatable bonds is 4. The molecule has 2 amide bonds. The number of fused-ring (bicyclic) bond motifs is 1. The van der Waals surface area contributed by atoms with E-state index in [4.69, 9.17) is 0 Å². The molecule has 0 unspecified atom stereocenters. The summed E-state index contributed by atoms with van der Waals surface area (Å²) in [6.07, 6.45) is 10.7. The van der Waals surface area contributed by atoms with E-state index in [1.54, 1.807) is 0 Å². The van der Waals surface area contributed by atoms with Crippen molar-refractivity contribution in [3.05, 3.63) is 47.5 Å². The van der Waals surface area contributed by atoms with Crippen molar-refractivity contribution in [1.29, 1.82) is 0 Å². The van der Waals surface area contributed by atoms with E-state index in [0.717, 1.165) is 51.7 Å². The molecule has 1 aliphatic carbocycles. The Labute approximate surface area is 160 Å². The van der Waals surface area contributed by atoms with Gasteiger partial charge in [-0.05, 0) is 49.8 Å². The number of likely N-dealkylation sites (tertiary alicyclic amines) is 1. The van der Waals surface area contributed by atoms with Crippen LogP contribution in [-0.4, -0.2) is 44.8 Å². The summed E-state index contributed by atoms with van der Waals surface area (Å²) in [5, 5.41) is 10.7. The zero-order valence-corrected chi connectivity index (χ0v) is 15.9. The van der Waals surface area contributed by atoms with Gasteiger partial charge < -0.3 is 10.6 Å². The van der Waals surface area contributed by atoms with Gasteiger partial charge in [-0.15, -0.1) is 0 Å². The summed E-state index contributed by atoms with van der Waals surface area (Å²) in [5.41, 5.74) is 3.71. The van der Waals surface area contributed by atoms with Gasteiger partial charge in [-0.3, -0.25) is 14.6 Å². The minimum absolute atomic E-state index is 0.0516. The van der Waals surface area contributed by atoms with Gasteiger partial charge in [0, 0.05) is 56.4 Å². The normalized spacial score (nSPS) is 20.9. The Morgan fingerprint density at radius 1 is 1.19 bits per heavy atom. The fourth-order valence-corrected chi connectivity index (χ4v) is 4.22. The molecule has 2 N–H and O–H groups in total. The molecule has 1 fully saturated rings. The second-order valence-electron chi connectivity index (χ2n) is 7.64. The zero-order valence-electron chi connectivity index (χ0n) is 15.9. The van der Waals surface area contributed by atoms with E-state index in [1.165, 1.54) is 16.8 Å². The molecule has 2 aliphatic rings. The molecule has 144 valence electrons. The Morgan fingerprint density at radius 3 is 2.74 bits per heavy atom. The topological polar surface area (TPSA) is 75.1 Å². The highest BCUT2D eigenvalue weighted by atomic mass is 16.2. The molecule has 1 aliphatic heterocycles. The fraction of sp³-hybridized carbons (Fsp3) is 0.550. The molecule has 0 bridgehead atoms. The second kappa shape index (κ2) is 8.08. The first-order valence-electron chi connectivity index (χ1n) is 9.88. The Balaban J connectivity index is 1.24. The molecule has 4 rings (SSSR count). The number of aromatic nitrogens is 3. The fourth-order valence-electron chi connectivity index (χ4n) is 4.22. The number of hydrogen-bond acceptors (Lipinski definition) is 4. The number of piperidine rings is 1. The van der Waals surface area contributed by atoms with Crippen molar-refractivity contribution in [3.63, 3.8) is 0 Å². The minimum Gasteiger partial charge on any atom is -0.335 e. The van der Waals surface area contributed by atoms with Crippen molar-refractivity contribution in [3.8, 4) is 0 Å². The van der Waals surface area contributed by atoms with Crippen LogP contribution in [0, 0.1) is 0 Å². The summed E-state index contributed by atoms with van der Waals surface area (Å²) in [6.45, 7) is 2.96. The molecule has 2 aromatic rings. The highest BCUT2D eigenvalue weighted by Crippen LogP contribution is 2.29.